The summed E-state index contributed by atoms with van der Waals surface area (Å²) >= 11 is 5.74. The zero-order chi connectivity index (χ0) is 12.3. The van der Waals surface area contributed by atoms with E-state index in [1.54, 1.807) is 0 Å². The maximum atomic E-state index is 12.5. The zero-order valence-corrected chi connectivity index (χ0v) is 9.52. The van der Waals surface area contributed by atoms with Crippen molar-refractivity contribution >= 4 is 17.6 Å². The average molecular weight is 250 g/mol. The Balaban J connectivity index is 3.05. The van der Waals surface area contributed by atoms with E-state index in [0.717, 1.165) is 6.07 Å². The molecule has 3 nitrogen and oxygen atoms in total. The number of nitrogens with zero attached hydrogens (tertiary/aromatic N) is 1. The molecule has 0 aliphatic rings. The van der Waals surface area contributed by atoms with E-state index in [0.29, 0.717) is 0 Å². The molecule has 0 aliphatic heterocycles. The Hall–Kier alpha value is -1.23. The number of halogens is 3. The van der Waals surface area contributed by atoms with Crippen LogP contribution in [0.15, 0.2) is 6.07 Å². The van der Waals surface area contributed by atoms with Crippen LogP contribution in [0.5, 0.6) is 0 Å². The van der Waals surface area contributed by atoms with Gasteiger partial charge in [0, 0.05) is 11.3 Å². The van der Waals surface area contributed by atoms with Crippen LogP contribution in [0.4, 0.5) is 8.78 Å². The molecule has 0 aliphatic carbocycles. The van der Waals surface area contributed by atoms with Crippen molar-refractivity contribution in [2.45, 2.75) is 19.8 Å². The summed E-state index contributed by atoms with van der Waals surface area (Å²) in [6.45, 7) is 1.44. The molecule has 0 radical (unpaired) electrons. The highest BCUT2D eigenvalue weighted by molar-refractivity contribution is 6.31. The minimum atomic E-state index is -2.63. The van der Waals surface area contributed by atoms with Crippen molar-refractivity contribution in [2.24, 2.45) is 0 Å². The van der Waals surface area contributed by atoms with Crippen LogP contribution < -0.4 is 0 Å². The van der Waals surface area contributed by atoms with Gasteiger partial charge in [0.25, 0.3) is 6.43 Å². The van der Waals surface area contributed by atoms with Gasteiger partial charge in [0.15, 0.2) is 0 Å². The first-order chi connectivity index (χ1) is 7.45. The van der Waals surface area contributed by atoms with Crippen LogP contribution in [-0.4, -0.2) is 18.1 Å². The Bertz CT molecular complexity index is 410. The summed E-state index contributed by atoms with van der Waals surface area (Å²) in [5.41, 5.74) is 0.187. The number of hydrogen-bond acceptors (Lipinski definition) is 3. The molecule has 0 N–H and O–H groups in total. The number of aryl methyl sites for hydroxylation is 1. The Morgan fingerprint density at radius 2 is 2.25 bits per heavy atom. The number of ether oxygens (including phenoxy) is 1. The predicted octanol–water partition coefficient (Wildman–Crippen LogP) is 2.70. The third kappa shape index (κ3) is 2.88. The van der Waals surface area contributed by atoms with E-state index in [1.807, 2.05) is 0 Å². The second-order valence-corrected chi connectivity index (χ2v) is 3.55. The third-order valence-electron chi connectivity index (χ3n) is 2.05. The molecule has 0 atom stereocenters. The molecule has 0 fully saturated rings. The highest BCUT2D eigenvalue weighted by Gasteiger charge is 2.16. The minimum absolute atomic E-state index is 0.0475. The van der Waals surface area contributed by atoms with Gasteiger partial charge in [0.05, 0.1) is 24.2 Å². The second kappa shape index (κ2) is 5.21. The molecule has 0 saturated heterocycles. The SMILES string of the molecule is COC(=O)Cc1nc(C)c(C(F)F)cc1Cl. The van der Waals surface area contributed by atoms with Crippen LogP contribution in [0, 0.1) is 6.92 Å². The van der Waals surface area contributed by atoms with Crippen molar-refractivity contribution in [1.82, 2.24) is 4.98 Å². The molecule has 0 spiro atoms. The number of esters is 1. The van der Waals surface area contributed by atoms with Gasteiger partial charge in [-0.25, -0.2) is 8.78 Å². The van der Waals surface area contributed by atoms with Crippen molar-refractivity contribution < 1.29 is 18.3 Å². The maximum absolute atomic E-state index is 12.5. The molecule has 1 heterocycles. The number of alkyl halides is 2. The van der Waals surface area contributed by atoms with Gasteiger partial charge in [0.1, 0.15) is 0 Å². The minimum Gasteiger partial charge on any atom is -0.469 e. The molecule has 1 aromatic rings. The quantitative estimate of drug-likeness (QED) is 0.773. The van der Waals surface area contributed by atoms with Crippen molar-refractivity contribution in [1.29, 1.82) is 0 Å². The molecule has 1 aromatic heterocycles. The first-order valence-corrected chi connectivity index (χ1v) is 4.84. The average Bonchev–Trinajstić information content (AvgIpc) is 2.22. The number of hydrogen-bond donors (Lipinski definition) is 0. The fraction of sp³-hybridized carbons (Fsp3) is 0.400. The summed E-state index contributed by atoms with van der Waals surface area (Å²) in [4.78, 5) is 14.9. The van der Waals surface area contributed by atoms with Crippen LogP contribution in [0.2, 0.25) is 5.02 Å². The number of aromatic nitrogens is 1. The van der Waals surface area contributed by atoms with Crippen LogP contribution >= 0.6 is 11.6 Å². The highest BCUT2D eigenvalue weighted by atomic mass is 35.5. The molecule has 0 bridgehead atoms. The molecule has 0 amide bonds. The molecule has 0 unspecified atom stereocenters. The first-order valence-electron chi connectivity index (χ1n) is 4.46. The molecule has 0 saturated carbocycles. The fourth-order valence-electron chi connectivity index (χ4n) is 1.20. The van der Waals surface area contributed by atoms with E-state index >= 15 is 0 Å². The second-order valence-electron chi connectivity index (χ2n) is 3.15. The number of pyridine rings is 1. The van der Waals surface area contributed by atoms with Crippen molar-refractivity contribution in [2.75, 3.05) is 7.11 Å². The van der Waals surface area contributed by atoms with E-state index in [4.69, 9.17) is 11.6 Å². The monoisotopic (exact) mass is 249 g/mol. The molecular formula is C10H10ClF2NO2. The summed E-state index contributed by atoms with van der Waals surface area (Å²) in [6.07, 6.45) is -2.75. The Labute approximate surface area is 96.4 Å². The lowest BCUT2D eigenvalue weighted by Crippen LogP contribution is -2.08. The fourth-order valence-corrected chi connectivity index (χ4v) is 1.43. The Morgan fingerprint density at radius 3 is 2.75 bits per heavy atom. The summed E-state index contributed by atoms with van der Waals surface area (Å²) in [7, 11) is 1.23. The molecule has 1 rings (SSSR count). The molecule has 88 valence electrons. The Kier molecular flexibility index (Phi) is 4.18. The molecule has 6 heteroatoms. The van der Waals surface area contributed by atoms with E-state index in [-0.39, 0.29) is 28.4 Å². The smallest absolute Gasteiger partial charge is 0.311 e. The normalized spacial score (nSPS) is 10.6. The van der Waals surface area contributed by atoms with Gasteiger partial charge in [0.2, 0.25) is 0 Å². The van der Waals surface area contributed by atoms with Gasteiger partial charge in [-0.15, -0.1) is 0 Å². The summed E-state index contributed by atoms with van der Waals surface area (Å²) in [5, 5.41) is 0.0475. The van der Waals surface area contributed by atoms with Gasteiger partial charge in [-0.3, -0.25) is 9.78 Å². The number of rotatable bonds is 3. The zero-order valence-electron chi connectivity index (χ0n) is 8.76. The van der Waals surface area contributed by atoms with Gasteiger partial charge >= 0.3 is 5.97 Å². The summed E-state index contributed by atoms with van der Waals surface area (Å²) < 4.78 is 29.4. The van der Waals surface area contributed by atoms with E-state index in [2.05, 4.69) is 9.72 Å². The van der Waals surface area contributed by atoms with Crippen molar-refractivity contribution in [3.8, 4) is 0 Å². The Morgan fingerprint density at radius 1 is 1.62 bits per heavy atom. The van der Waals surface area contributed by atoms with Crippen molar-refractivity contribution in [3.63, 3.8) is 0 Å². The van der Waals surface area contributed by atoms with E-state index in [9.17, 15) is 13.6 Å². The van der Waals surface area contributed by atoms with Crippen LogP contribution in [0.1, 0.15) is 23.4 Å². The topological polar surface area (TPSA) is 39.2 Å². The van der Waals surface area contributed by atoms with Gasteiger partial charge in [-0.2, -0.15) is 0 Å². The van der Waals surface area contributed by atoms with Crippen LogP contribution in [-0.2, 0) is 16.0 Å². The lowest BCUT2D eigenvalue weighted by Gasteiger charge is -2.08. The summed E-state index contributed by atoms with van der Waals surface area (Å²) in [5.74, 6) is -0.515. The standard InChI is InChI=1S/C10H10ClF2NO2/c1-5-6(10(12)13)3-7(11)8(14-5)4-9(15)16-2/h3,10H,4H2,1-2H3. The van der Waals surface area contributed by atoms with E-state index < -0.39 is 12.4 Å². The van der Waals surface area contributed by atoms with Gasteiger partial charge in [-0.1, -0.05) is 11.6 Å². The van der Waals surface area contributed by atoms with E-state index in [1.165, 1.54) is 14.0 Å². The summed E-state index contributed by atoms with van der Waals surface area (Å²) in [6, 6.07) is 1.13. The van der Waals surface area contributed by atoms with Crippen LogP contribution in [0.25, 0.3) is 0 Å². The molecule has 16 heavy (non-hydrogen) atoms. The lowest BCUT2D eigenvalue weighted by molar-refractivity contribution is -0.139. The van der Waals surface area contributed by atoms with Gasteiger partial charge in [-0.05, 0) is 13.0 Å². The molecule has 0 aromatic carbocycles. The largest absolute Gasteiger partial charge is 0.469 e. The first kappa shape index (κ1) is 12.8. The van der Waals surface area contributed by atoms with Gasteiger partial charge < -0.3 is 4.74 Å². The number of carbonyl (C=O) groups is 1. The maximum Gasteiger partial charge on any atom is 0.311 e. The van der Waals surface area contributed by atoms with Crippen LogP contribution in [0.3, 0.4) is 0 Å². The highest BCUT2D eigenvalue weighted by Crippen LogP contribution is 2.26. The predicted molar refractivity (Wildman–Crippen MR) is 54.7 cm³/mol. The number of carbonyl (C=O) groups excluding carboxylic acids is 1. The third-order valence-corrected chi connectivity index (χ3v) is 2.38. The number of methoxy groups -OCH3 is 1. The lowest BCUT2D eigenvalue weighted by atomic mass is 10.1. The molecular weight excluding hydrogens is 240 g/mol. The van der Waals surface area contributed by atoms with Crippen molar-refractivity contribution in [3.05, 3.63) is 28.0 Å².